The molecule has 4 nitrogen and oxygen atoms in total. The van der Waals surface area contributed by atoms with E-state index in [0.717, 1.165) is 0 Å². The molecule has 12 heavy (non-hydrogen) atoms. The lowest BCUT2D eigenvalue weighted by Gasteiger charge is -2.25. The molecular formula is C8H14N2O2. The van der Waals surface area contributed by atoms with Gasteiger partial charge in [-0.1, -0.05) is 0 Å². The molecular weight excluding hydrogens is 156 g/mol. The molecule has 0 unspecified atom stereocenters. The summed E-state index contributed by atoms with van der Waals surface area (Å²) in [7, 11) is 1.85. The lowest BCUT2D eigenvalue weighted by Crippen LogP contribution is -2.33. The number of aliphatic hydroxyl groups excluding tert-OH is 1. The molecule has 4 heteroatoms. The standard InChI is InChI=1S/C8H14N2O2/c1-4-12-8-7(11)6(2)10(3)5-9-8/h5-6,11H,4H2,1-3H3/t6-/m0/s1. The lowest BCUT2D eigenvalue weighted by molar-refractivity contribution is 0.176. The highest BCUT2D eigenvalue weighted by Crippen LogP contribution is 2.16. The van der Waals surface area contributed by atoms with Gasteiger partial charge in [-0.2, -0.15) is 0 Å². The first-order chi connectivity index (χ1) is 5.66. The highest BCUT2D eigenvalue weighted by Gasteiger charge is 2.20. The second-order valence-corrected chi connectivity index (χ2v) is 2.71. The Morgan fingerprint density at radius 3 is 3.00 bits per heavy atom. The number of likely N-dealkylation sites (N-methyl/N-ethyl adjacent to an activating group) is 1. The van der Waals surface area contributed by atoms with E-state index in [1.807, 2.05) is 25.8 Å². The average Bonchev–Trinajstić information content (AvgIpc) is 2.07. The molecule has 0 aromatic heterocycles. The number of hydrogen-bond acceptors (Lipinski definition) is 4. The number of hydrogen-bond donors (Lipinski definition) is 1. The Morgan fingerprint density at radius 1 is 1.75 bits per heavy atom. The third-order valence-corrected chi connectivity index (χ3v) is 1.86. The minimum atomic E-state index is -0.0518. The number of aliphatic imine (C=N–C) groups is 1. The van der Waals surface area contributed by atoms with E-state index in [2.05, 4.69) is 4.99 Å². The largest absolute Gasteiger partial charge is 0.505 e. The molecule has 0 fully saturated rings. The lowest BCUT2D eigenvalue weighted by atomic mass is 10.2. The van der Waals surface area contributed by atoms with E-state index in [0.29, 0.717) is 12.5 Å². The van der Waals surface area contributed by atoms with Gasteiger partial charge < -0.3 is 14.7 Å². The molecule has 0 aromatic rings. The molecule has 1 rings (SSSR count). The van der Waals surface area contributed by atoms with E-state index in [-0.39, 0.29) is 11.8 Å². The third-order valence-electron chi connectivity index (χ3n) is 1.86. The van der Waals surface area contributed by atoms with Crippen LogP contribution in [-0.4, -0.2) is 36.0 Å². The summed E-state index contributed by atoms with van der Waals surface area (Å²) >= 11 is 0. The molecule has 0 saturated carbocycles. The van der Waals surface area contributed by atoms with Crippen molar-refractivity contribution in [1.82, 2.24) is 4.90 Å². The molecule has 0 saturated heterocycles. The fourth-order valence-electron chi connectivity index (χ4n) is 0.929. The molecule has 68 valence electrons. The van der Waals surface area contributed by atoms with Gasteiger partial charge in [-0.05, 0) is 13.8 Å². The second kappa shape index (κ2) is 3.47. The molecule has 1 aliphatic heterocycles. The van der Waals surface area contributed by atoms with Gasteiger partial charge in [0.1, 0.15) is 0 Å². The van der Waals surface area contributed by atoms with Crippen LogP contribution in [0.4, 0.5) is 0 Å². The number of nitrogens with zero attached hydrogens (tertiary/aromatic N) is 2. The molecule has 0 bridgehead atoms. The maximum Gasteiger partial charge on any atom is 0.255 e. The summed E-state index contributed by atoms with van der Waals surface area (Å²) in [5.74, 6) is 0.532. The Hall–Kier alpha value is -1.19. The van der Waals surface area contributed by atoms with Gasteiger partial charge in [0.05, 0.1) is 19.0 Å². The Kier molecular flexibility index (Phi) is 2.58. The van der Waals surface area contributed by atoms with Crippen LogP contribution in [-0.2, 0) is 4.74 Å². The molecule has 0 radical (unpaired) electrons. The van der Waals surface area contributed by atoms with Gasteiger partial charge in [-0.3, -0.25) is 0 Å². The Morgan fingerprint density at radius 2 is 2.42 bits per heavy atom. The van der Waals surface area contributed by atoms with Gasteiger partial charge in [0.2, 0.25) is 0 Å². The summed E-state index contributed by atoms with van der Waals surface area (Å²) in [5, 5.41) is 9.54. The predicted octanol–water partition coefficient (Wildman–Crippen LogP) is 1.11. The first kappa shape index (κ1) is 8.90. The van der Waals surface area contributed by atoms with Crippen LogP contribution in [0.5, 0.6) is 0 Å². The highest BCUT2D eigenvalue weighted by molar-refractivity contribution is 5.59. The van der Waals surface area contributed by atoms with Crippen molar-refractivity contribution in [2.45, 2.75) is 19.9 Å². The molecule has 1 atom stereocenters. The third kappa shape index (κ3) is 1.52. The van der Waals surface area contributed by atoms with Gasteiger partial charge in [0.15, 0.2) is 5.76 Å². The number of ether oxygens (including phenoxy) is 1. The second-order valence-electron chi connectivity index (χ2n) is 2.71. The molecule has 1 heterocycles. The predicted molar refractivity (Wildman–Crippen MR) is 47.0 cm³/mol. The summed E-state index contributed by atoms with van der Waals surface area (Å²) in [6.07, 6.45) is 1.65. The van der Waals surface area contributed by atoms with E-state index in [9.17, 15) is 5.11 Å². The van der Waals surface area contributed by atoms with Crippen LogP contribution in [0.2, 0.25) is 0 Å². The summed E-state index contributed by atoms with van der Waals surface area (Å²) in [6.45, 7) is 4.27. The molecule has 0 aromatic carbocycles. The minimum absolute atomic E-state index is 0.0518. The molecule has 1 N–H and O–H groups in total. The molecule has 0 spiro atoms. The van der Waals surface area contributed by atoms with Crippen LogP contribution < -0.4 is 0 Å². The fraction of sp³-hybridized carbons (Fsp3) is 0.625. The van der Waals surface area contributed by atoms with E-state index < -0.39 is 0 Å². The van der Waals surface area contributed by atoms with Crippen molar-refractivity contribution in [3.63, 3.8) is 0 Å². The zero-order valence-corrected chi connectivity index (χ0v) is 7.61. The maximum absolute atomic E-state index is 9.54. The Balaban J connectivity index is 2.79. The average molecular weight is 170 g/mol. The van der Waals surface area contributed by atoms with Crippen molar-refractivity contribution in [3.8, 4) is 0 Å². The van der Waals surface area contributed by atoms with E-state index in [1.165, 1.54) is 0 Å². The highest BCUT2D eigenvalue weighted by atomic mass is 16.5. The molecule has 0 amide bonds. The van der Waals surface area contributed by atoms with E-state index in [4.69, 9.17) is 4.74 Å². The van der Waals surface area contributed by atoms with Crippen molar-refractivity contribution in [3.05, 3.63) is 11.6 Å². The Labute approximate surface area is 72.2 Å². The smallest absolute Gasteiger partial charge is 0.255 e. The maximum atomic E-state index is 9.54. The van der Waals surface area contributed by atoms with Crippen LogP contribution in [0.3, 0.4) is 0 Å². The minimum Gasteiger partial charge on any atom is -0.505 e. The van der Waals surface area contributed by atoms with Gasteiger partial charge in [-0.25, -0.2) is 4.99 Å². The van der Waals surface area contributed by atoms with Gasteiger partial charge in [-0.15, -0.1) is 0 Å². The number of aliphatic hydroxyl groups is 1. The fourth-order valence-corrected chi connectivity index (χ4v) is 0.929. The normalized spacial score (nSPS) is 23.2. The van der Waals surface area contributed by atoms with Crippen LogP contribution in [0.15, 0.2) is 16.6 Å². The first-order valence-electron chi connectivity index (χ1n) is 3.98. The number of rotatable bonds is 2. The zero-order valence-electron chi connectivity index (χ0n) is 7.61. The molecule has 1 aliphatic rings. The summed E-state index contributed by atoms with van der Waals surface area (Å²) in [5.41, 5.74) is 0. The molecule has 0 aliphatic carbocycles. The van der Waals surface area contributed by atoms with Gasteiger partial charge >= 0.3 is 0 Å². The quantitative estimate of drug-likeness (QED) is 0.675. The van der Waals surface area contributed by atoms with Crippen LogP contribution in [0.1, 0.15) is 13.8 Å². The van der Waals surface area contributed by atoms with Gasteiger partial charge in [0, 0.05) is 7.05 Å². The Bertz CT molecular complexity index is 223. The first-order valence-corrected chi connectivity index (χ1v) is 3.98. The summed E-state index contributed by atoms with van der Waals surface area (Å²) < 4.78 is 5.12. The van der Waals surface area contributed by atoms with Crippen molar-refractivity contribution in [1.29, 1.82) is 0 Å². The summed E-state index contributed by atoms with van der Waals surface area (Å²) in [6, 6.07) is -0.0518. The van der Waals surface area contributed by atoms with Crippen molar-refractivity contribution < 1.29 is 9.84 Å². The topological polar surface area (TPSA) is 45.1 Å². The van der Waals surface area contributed by atoms with Gasteiger partial charge in [0.25, 0.3) is 5.88 Å². The van der Waals surface area contributed by atoms with Crippen LogP contribution >= 0.6 is 0 Å². The zero-order chi connectivity index (χ0) is 9.14. The van der Waals surface area contributed by atoms with Crippen molar-refractivity contribution in [2.75, 3.05) is 13.7 Å². The SMILES string of the molecule is CCOC1=C(O)[C@H](C)N(C)C=N1. The van der Waals surface area contributed by atoms with Crippen LogP contribution in [0, 0.1) is 0 Å². The van der Waals surface area contributed by atoms with E-state index in [1.54, 1.807) is 6.34 Å². The van der Waals surface area contributed by atoms with Crippen molar-refractivity contribution in [2.24, 2.45) is 4.99 Å². The van der Waals surface area contributed by atoms with Crippen LogP contribution in [0.25, 0.3) is 0 Å². The van der Waals surface area contributed by atoms with E-state index >= 15 is 0 Å². The summed E-state index contributed by atoms with van der Waals surface area (Å²) in [4.78, 5) is 5.76. The van der Waals surface area contributed by atoms with Crippen molar-refractivity contribution >= 4 is 6.34 Å². The monoisotopic (exact) mass is 170 g/mol.